The molecule has 3 saturated carbocycles. The first-order valence-electron chi connectivity index (χ1n) is 17.7. The molecule has 4 aliphatic carbocycles. The van der Waals surface area contributed by atoms with Crippen molar-refractivity contribution in [3.8, 4) is 0 Å². The second-order valence-corrected chi connectivity index (χ2v) is 15.6. The summed E-state index contributed by atoms with van der Waals surface area (Å²) >= 11 is 0. The summed E-state index contributed by atoms with van der Waals surface area (Å²) in [5.74, 6) is -1.54. The lowest BCUT2D eigenvalue weighted by atomic mass is 9.41. The summed E-state index contributed by atoms with van der Waals surface area (Å²) in [7, 11) is 0. The van der Waals surface area contributed by atoms with Crippen molar-refractivity contribution in [2.45, 2.75) is 96.1 Å². The Balaban J connectivity index is 1.27. The molecule has 0 unspecified atom stereocenters. The summed E-state index contributed by atoms with van der Waals surface area (Å²) in [4.78, 5) is 67.2. The molecule has 5 aliphatic rings. The van der Waals surface area contributed by atoms with Crippen LogP contribution in [0.15, 0.2) is 85.0 Å². The maximum Gasteiger partial charge on any atom is 0.338 e. The Morgan fingerprint density at radius 2 is 1.57 bits per heavy atom. The molecule has 0 spiro atoms. The lowest BCUT2D eigenvalue weighted by Crippen LogP contribution is -2.69. The minimum atomic E-state index is -1.32. The SMILES string of the molecule is C=C(C)C[C@@H](OC(=O)c1ccccc1)C(=O)[C@@H](C)[C@]12C=C[C@@]3(OO1)[C@@H]1CC[C@H]4CC(=O)CC[C@]4(C)[C@H]1C[C@@H](OC(=O)c1ccccc1)[C@]23C. The van der Waals surface area contributed by atoms with Crippen LogP contribution in [0.3, 0.4) is 0 Å². The number of hydrogen-bond acceptors (Lipinski definition) is 8. The first kappa shape index (κ1) is 33.6. The fourth-order valence-corrected chi connectivity index (χ4v) is 10.3. The van der Waals surface area contributed by atoms with Crippen molar-refractivity contribution in [1.29, 1.82) is 0 Å². The van der Waals surface area contributed by atoms with Gasteiger partial charge in [-0.2, -0.15) is 0 Å². The van der Waals surface area contributed by atoms with E-state index in [4.69, 9.17) is 19.2 Å². The van der Waals surface area contributed by atoms with Gasteiger partial charge >= 0.3 is 11.9 Å². The van der Waals surface area contributed by atoms with Crippen molar-refractivity contribution in [2.24, 2.45) is 34.5 Å². The number of rotatable bonds is 9. The highest BCUT2D eigenvalue weighted by Crippen LogP contribution is 2.74. The van der Waals surface area contributed by atoms with Gasteiger partial charge in [-0.15, -0.1) is 0 Å². The van der Waals surface area contributed by atoms with Gasteiger partial charge in [0, 0.05) is 19.3 Å². The molecule has 49 heavy (non-hydrogen) atoms. The fourth-order valence-electron chi connectivity index (χ4n) is 10.3. The Kier molecular flexibility index (Phi) is 8.34. The number of Topliss-reactive ketones (excluding diaryl/α,β-unsaturated/α-hetero) is 2. The number of carbonyl (C=O) groups excluding carboxylic acids is 4. The summed E-state index contributed by atoms with van der Waals surface area (Å²) in [6.45, 7) is 11.9. The van der Waals surface area contributed by atoms with Crippen molar-refractivity contribution >= 4 is 23.5 Å². The molecule has 2 aromatic carbocycles. The number of carbonyl (C=O) groups is 4. The highest BCUT2D eigenvalue weighted by Gasteiger charge is 2.82. The molecule has 2 bridgehead atoms. The second-order valence-electron chi connectivity index (χ2n) is 15.6. The van der Waals surface area contributed by atoms with Crippen LogP contribution < -0.4 is 0 Å². The lowest BCUT2D eigenvalue weighted by Gasteiger charge is -2.63. The summed E-state index contributed by atoms with van der Waals surface area (Å²) in [5, 5.41) is 0. The average molecular weight is 667 g/mol. The molecule has 8 nitrogen and oxygen atoms in total. The average Bonchev–Trinajstić information content (AvgIpc) is 3.53. The van der Waals surface area contributed by atoms with E-state index in [9.17, 15) is 19.2 Å². The standard InChI is InChI=1S/C41H46O8/c1-25(2)22-33(46-36(44)27-12-8-6-9-13-27)35(43)26(3)40-20-21-41(49-48-40)31-17-16-29-23-30(42)18-19-38(29,4)32(31)24-34(39(40,41)5)47-37(45)28-14-10-7-11-15-28/h6-15,20-21,26,29,31-34H,1,16-19,22-24H2,2-5H3/t26-,29+,31-,32+,33-,34-,38+,39-,40+,41-/m1/s1. The summed E-state index contributed by atoms with van der Waals surface area (Å²) in [6, 6.07) is 17.5. The molecule has 8 heteroatoms. The highest BCUT2D eigenvalue weighted by atomic mass is 17.2. The van der Waals surface area contributed by atoms with Gasteiger partial charge in [0.2, 0.25) is 0 Å². The van der Waals surface area contributed by atoms with E-state index in [1.807, 2.05) is 25.1 Å². The maximum atomic E-state index is 14.6. The second kappa shape index (κ2) is 12.2. The third-order valence-electron chi connectivity index (χ3n) is 13.1. The van der Waals surface area contributed by atoms with E-state index in [2.05, 4.69) is 19.6 Å². The summed E-state index contributed by atoms with van der Waals surface area (Å²) in [5.41, 5.74) is -1.96. The Hall–Kier alpha value is -3.88. The lowest BCUT2D eigenvalue weighted by molar-refractivity contribution is -0.359. The van der Waals surface area contributed by atoms with E-state index >= 15 is 0 Å². The van der Waals surface area contributed by atoms with Crippen molar-refractivity contribution in [2.75, 3.05) is 0 Å². The third-order valence-corrected chi connectivity index (χ3v) is 13.1. The first-order chi connectivity index (χ1) is 23.4. The molecule has 0 aromatic heterocycles. The molecule has 4 fully saturated rings. The van der Waals surface area contributed by atoms with Gasteiger partial charge < -0.3 is 9.47 Å². The monoisotopic (exact) mass is 666 g/mol. The minimum absolute atomic E-state index is 0.0173. The Morgan fingerprint density at radius 1 is 0.918 bits per heavy atom. The predicted molar refractivity (Wildman–Crippen MR) is 181 cm³/mol. The molecule has 10 atom stereocenters. The molecule has 1 heterocycles. The van der Waals surface area contributed by atoms with Crippen LogP contribution in [0.25, 0.3) is 0 Å². The molecule has 258 valence electrons. The van der Waals surface area contributed by atoms with E-state index in [-0.39, 0.29) is 35.4 Å². The van der Waals surface area contributed by atoms with E-state index in [0.717, 1.165) is 19.3 Å². The molecule has 0 N–H and O–H groups in total. The van der Waals surface area contributed by atoms with Crippen LogP contribution in [0.1, 0.15) is 93.4 Å². The van der Waals surface area contributed by atoms with Crippen molar-refractivity contribution in [3.63, 3.8) is 0 Å². The van der Waals surface area contributed by atoms with Crippen LogP contribution >= 0.6 is 0 Å². The van der Waals surface area contributed by atoms with E-state index in [1.165, 1.54) is 0 Å². The number of benzene rings is 2. The molecule has 1 saturated heterocycles. The van der Waals surface area contributed by atoms with Gasteiger partial charge in [0.05, 0.1) is 22.5 Å². The first-order valence-corrected chi connectivity index (χ1v) is 17.7. The largest absolute Gasteiger partial charge is 0.458 e. The molecular formula is C41H46O8. The Bertz CT molecular complexity index is 1700. The van der Waals surface area contributed by atoms with Gasteiger partial charge in [0.15, 0.2) is 11.9 Å². The van der Waals surface area contributed by atoms with E-state index < -0.39 is 46.7 Å². The smallest absolute Gasteiger partial charge is 0.338 e. The molecule has 2 aromatic rings. The number of fused-ring (bicyclic) bond motifs is 3. The van der Waals surface area contributed by atoms with Crippen LogP contribution in [0, 0.1) is 34.5 Å². The quantitative estimate of drug-likeness (QED) is 0.155. The van der Waals surface area contributed by atoms with Crippen molar-refractivity contribution in [1.82, 2.24) is 0 Å². The summed E-state index contributed by atoms with van der Waals surface area (Å²) in [6.07, 6.45) is 6.53. The van der Waals surface area contributed by atoms with Gasteiger partial charge in [-0.05, 0) is 99.1 Å². The predicted octanol–water partition coefficient (Wildman–Crippen LogP) is 7.43. The van der Waals surface area contributed by atoms with Gasteiger partial charge in [-0.3, -0.25) is 9.59 Å². The Morgan fingerprint density at radius 3 is 2.18 bits per heavy atom. The van der Waals surface area contributed by atoms with Gasteiger partial charge in [-0.1, -0.05) is 62.4 Å². The minimum Gasteiger partial charge on any atom is -0.458 e. The van der Waals surface area contributed by atoms with Crippen LogP contribution in [0.5, 0.6) is 0 Å². The third kappa shape index (κ3) is 5.00. The zero-order chi connectivity index (χ0) is 34.8. The zero-order valence-corrected chi connectivity index (χ0v) is 28.8. The number of ether oxygens (including phenoxy) is 2. The molecule has 0 amide bonds. The van der Waals surface area contributed by atoms with E-state index in [0.29, 0.717) is 41.7 Å². The zero-order valence-electron chi connectivity index (χ0n) is 28.8. The highest BCUT2D eigenvalue weighted by molar-refractivity contribution is 5.94. The van der Waals surface area contributed by atoms with Crippen molar-refractivity contribution < 1.29 is 38.4 Å². The number of esters is 2. The molecule has 7 rings (SSSR count). The maximum absolute atomic E-state index is 14.6. The van der Waals surface area contributed by atoms with Crippen LogP contribution in [0.2, 0.25) is 0 Å². The van der Waals surface area contributed by atoms with E-state index in [1.54, 1.807) is 62.4 Å². The number of ketones is 2. The normalized spacial score (nSPS) is 36.9. The summed E-state index contributed by atoms with van der Waals surface area (Å²) < 4.78 is 12.4. The molecular weight excluding hydrogens is 620 g/mol. The van der Waals surface area contributed by atoms with Gasteiger partial charge in [0.1, 0.15) is 23.1 Å². The van der Waals surface area contributed by atoms with Crippen LogP contribution in [-0.4, -0.2) is 46.9 Å². The van der Waals surface area contributed by atoms with Crippen molar-refractivity contribution in [3.05, 3.63) is 96.1 Å². The van der Waals surface area contributed by atoms with Crippen LogP contribution in [-0.2, 0) is 28.8 Å². The topological polar surface area (TPSA) is 105 Å². The van der Waals surface area contributed by atoms with Crippen LogP contribution in [0.4, 0.5) is 0 Å². The van der Waals surface area contributed by atoms with Gasteiger partial charge in [0.25, 0.3) is 0 Å². The fraction of sp³-hybridized carbons (Fsp3) is 0.512. The number of hydrogen-bond donors (Lipinski definition) is 0. The Labute approximate surface area is 288 Å². The molecule has 1 aliphatic heterocycles. The molecule has 0 radical (unpaired) electrons. The van der Waals surface area contributed by atoms with Gasteiger partial charge in [-0.25, -0.2) is 19.4 Å².